The maximum Gasteiger partial charge on any atom is 0.311 e. The second kappa shape index (κ2) is 10.2. The molecule has 1 atom stereocenters. The molecule has 0 aliphatic rings. The van der Waals surface area contributed by atoms with Gasteiger partial charge in [-0.2, -0.15) is 0 Å². The van der Waals surface area contributed by atoms with Crippen LogP contribution in [0.1, 0.15) is 41.0 Å². The van der Waals surface area contributed by atoms with Crippen molar-refractivity contribution in [1.29, 1.82) is 0 Å². The molecule has 5 heteroatoms. The molecule has 0 amide bonds. The number of esters is 1. The maximum atomic E-state index is 11.8. The summed E-state index contributed by atoms with van der Waals surface area (Å²) in [5.41, 5.74) is 0. The van der Waals surface area contributed by atoms with E-state index in [2.05, 4.69) is 0 Å². The van der Waals surface area contributed by atoms with Gasteiger partial charge in [0.15, 0.2) is 5.79 Å². The van der Waals surface area contributed by atoms with Crippen molar-refractivity contribution in [3.05, 3.63) is 0 Å². The summed E-state index contributed by atoms with van der Waals surface area (Å²) in [6, 6.07) is 0. The number of hydrogen-bond acceptors (Lipinski definition) is 5. The van der Waals surface area contributed by atoms with Crippen molar-refractivity contribution in [3.8, 4) is 0 Å². The predicted octanol–water partition coefficient (Wildman–Crippen LogP) is 2.38. The summed E-state index contributed by atoms with van der Waals surface area (Å²) >= 11 is 0. The molecular formula is C14H28O5. The van der Waals surface area contributed by atoms with Crippen LogP contribution >= 0.6 is 0 Å². The van der Waals surface area contributed by atoms with Crippen LogP contribution in [0, 0.1) is 5.92 Å². The Balaban J connectivity index is 4.87. The molecule has 0 heterocycles. The fraction of sp³-hybridized carbons (Fsp3) is 0.929. The van der Waals surface area contributed by atoms with E-state index in [0.717, 1.165) is 0 Å². The molecule has 19 heavy (non-hydrogen) atoms. The Morgan fingerprint density at radius 1 is 1.00 bits per heavy atom. The van der Waals surface area contributed by atoms with Crippen LogP contribution in [0.3, 0.4) is 0 Å². The predicted molar refractivity (Wildman–Crippen MR) is 72.9 cm³/mol. The molecule has 0 radical (unpaired) electrons. The Morgan fingerprint density at radius 3 is 2.00 bits per heavy atom. The molecule has 0 saturated carbocycles. The lowest BCUT2D eigenvalue weighted by Crippen LogP contribution is -2.46. The summed E-state index contributed by atoms with van der Waals surface area (Å²) in [6.45, 7) is 11.8. The molecule has 0 rings (SSSR count). The second-order valence-electron chi connectivity index (χ2n) is 4.22. The molecule has 0 aliphatic carbocycles. The van der Waals surface area contributed by atoms with Gasteiger partial charge in [0, 0.05) is 25.7 Å². The number of hydrogen-bond donors (Lipinski definition) is 0. The van der Waals surface area contributed by atoms with E-state index in [-0.39, 0.29) is 18.3 Å². The maximum absolute atomic E-state index is 11.8. The zero-order valence-corrected chi connectivity index (χ0v) is 12.9. The number of rotatable bonds is 11. The fourth-order valence-corrected chi connectivity index (χ4v) is 1.93. The average molecular weight is 276 g/mol. The smallest absolute Gasteiger partial charge is 0.311 e. The van der Waals surface area contributed by atoms with Gasteiger partial charge in [-0.3, -0.25) is 4.79 Å². The van der Waals surface area contributed by atoms with Crippen LogP contribution in [0.2, 0.25) is 0 Å². The summed E-state index contributed by atoms with van der Waals surface area (Å²) in [6.07, 6.45) is 0.0801. The van der Waals surface area contributed by atoms with Gasteiger partial charge in [0.25, 0.3) is 0 Å². The Morgan fingerprint density at radius 2 is 1.58 bits per heavy atom. The van der Waals surface area contributed by atoms with Gasteiger partial charge in [0.2, 0.25) is 0 Å². The van der Waals surface area contributed by atoms with Crippen LogP contribution in [0.5, 0.6) is 0 Å². The Bertz CT molecular complexity index is 236. The SMILES string of the molecule is CCOCC(C)C(CC(=O)OCC)(OCC)OCC. The highest BCUT2D eigenvalue weighted by molar-refractivity contribution is 5.70. The average Bonchev–Trinajstić information content (AvgIpc) is 2.36. The van der Waals surface area contributed by atoms with Crippen LogP contribution in [0.25, 0.3) is 0 Å². The van der Waals surface area contributed by atoms with E-state index in [1.54, 1.807) is 6.92 Å². The van der Waals surface area contributed by atoms with Gasteiger partial charge in [0.1, 0.15) is 0 Å². The summed E-state index contributed by atoms with van der Waals surface area (Å²) in [4.78, 5) is 11.8. The van der Waals surface area contributed by atoms with Gasteiger partial charge in [-0.25, -0.2) is 0 Å². The lowest BCUT2D eigenvalue weighted by Gasteiger charge is -2.37. The third kappa shape index (κ3) is 6.36. The summed E-state index contributed by atoms with van der Waals surface area (Å²) in [7, 11) is 0. The Labute approximate surface area is 116 Å². The van der Waals surface area contributed by atoms with Gasteiger partial charge in [0.05, 0.1) is 19.6 Å². The molecule has 0 fully saturated rings. The second-order valence-corrected chi connectivity index (χ2v) is 4.22. The highest BCUT2D eigenvalue weighted by Crippen LogP contribution is 2.29. The van der Waals surface area contributed by atoms with Gasteiger partial charge in [-0.1, -0.05) is 6.92 Å². The van der Waals surface area contributed by atoms with Crippen molar-refractivity contribution < 1.29 is 23.7 Å². The van der Waals surface area contributed by atoms with Crippen molar-refractivity contribution in [3.63, 3.8) is 0 Å². The first-order valence-electron chi connectivity index (χ1n) is 7.07. The zero-order valence-electron chi connectivity index (χ0n) is 12.9. The number of carbonyl (C=O) groups excluding carboxylic acids is 1. The standard InChI is InChI=1S/C14H28O5/c1-6-16-11-12(5)14(18-8-3,19-9-4)10-13(15)17-7-2/h12H,6-11H2,1-5H3. The van der Waals surface area contributed by atoms with Crippen LogP contribution in [0.4, 0.5) is 0 Å². The van der Waals surface area contributed by atoms with Crippen LogP contribution < -0.4 is 0 Å². The highest BCUT2D eigenvalue weighted by Gasteiger charge is 2.41. The molecule has 5 nitrogen and oxygen atoms in total. The van der Waals surface area contributed by atoms with Gasteiger partial charge in [-0.05, 0) is 27.7 Å². The normalized spacial score (nSPS) is 13.3. The Kier molecular flexibility index (Phi) is 9.83. The monoisotopic (exact) mass is 276 g/mol. The van der Waals surface area contributed by atoms with Crippen molar-refractivity contribution >= 4 is 5.97 Å². The third-order valence-corrected chi connectivity index (χ3v) is 2.80. The molecule has 0 aromatic rings. The highest BCUT2D eigenvalue weighted by atomic mass is 16.7. The lowest BCUT2D eigenvalue weighted by molar-refractivity contribution is -0.270. The fourth-order valence-electron chi connectivity index (χ4n) is 1.93. The molecule has 0 saturated heterocycles. The molecule has 0 aliphatic heterocycles. The first kappa shape index (κ1) is 18.4. The van der Waals surface area contributed by atoms with Crippen LogP contribution in [-0.2, 0) is 23.7 Å². The van der Waals surface area contributed by atoms with Crippen LogP contribution in [-0.4, -0.2) is 44.8 Å². The van der Waals surface area contributed by atoms with E-state index in [9.17, 15) is 4.79 Å². The van der Waals surface area contributed by atoms with Gasteiger partial charge >= 0.3 is 5.97 Å². The number of ether oxygens (including phenoxy) is 4. The minimum absolute atomic E-state index is 0.0586. The van der Waals surface area contributed by atoms with E-state index >= 15 is 0 Å². The van der Waals surface area contributed by atoms with Crippen molar-refractivity contribution in [2.24, 2.45) is 5.92 Å². The largest absolute Gasteiger partial charge is 0.466 e. The Hall–Kier alpha value is -0.650. The van der Waals surface area contributed by atoms with E-state index in [4.69, 9.17) is 18.9 Å². The number of carbonyl (C=O) groups is 1. The minimum Gasteiger partial charge on any atom is -0.466 e. The summed E-state index contributed by atoms with van der Waals surface area (Å²) < 4.78 is 21.9. The van der Waals surface area contributed by atoms with E-state index < -0.39 is 5.79 Å². The molecule has 0 spiro atoms. The molecular weight excluding hydrogens is 248 g/mol. The summed E-state index contributed by atoms with van der Waals surface area (Å²) in [5.74, 6) is -1.34. The molecule has 0 aromatic carbocycles. The molecule has 0 bridgehead atoms. The minimum atomic E-state index is -0.967. The van der Waals surface area contributed by atoms with Gasteiger partial charge < -0.3 is 18.9 Å². The zero-order chi connectivity index (χ0) is 14.7. The topological polar surface area (TPSA) is 54.0 Å². The van der Waals surface area contributed by atoms with Crippen molar-refractivity contribution in [2.45, 2.75) is 46.8 Å². The van der Waals surface area contributed by atoms with E-state index in [0.29, 0.717) is 33.0 Å². The van der Waals surface area contributed by atoms with Crippen molar-refractivity contribution in [2.75, 3.05) is 33.0 Å². The molecule has 0 N–H and O–H groups in total. The van der Waals surface area contributed by atoms with Crippen molar-refractivity contribution in [1.82, 2.24) is 0 Å². The first-order valence-corrected chi connectivity index (χ1v) is 7.07. The van der Waals surface area contributed by atoms with Crippen LogP contribution in [0.15, 0.2) is 0 Å². The van der Waals surface area contributed by atoms with E-state index in [1.165, 1.54) is 0 Å². The van der Waals surface area contributed by atoms with Gasteiger partial charge in [-0.15, -0.1) is 0 Å². The lowest BCUT2D eigenvalue weighted by atomic mass is 9.97. The third-order valence-electron chi connectivity index (χ3n) is 2.80. The quantitative estimate of drug-likeness (QED) is 0.428. The molecule has 0 aromatic heterocycles. The first-order chi connectivity index (χ1) is 9.06. The van der Waals surface area contributed by atoms with E-state index in [1.807, 2.05) is 27.7 Å². The summed E-state index contributed by atoms with van der Waals surface area (Å²) in [5, 5.41) is 0. The molecule has 1 unspecified atom stereocenters. The molecule has 114 valence electrons.